The monoisotopic (exact) mass is 297 g/mol. The average Bonchev–Trinajstić information content (AvgIpc) is 2.27. The first-order chi connectivity index (χ1) is 7.86. The zero-order chi connectivity index (χ0) is 13.1. The Balaban J connectivity index is 3.02. The lowest BCUT2D eigenvalue weighted by Gasteiger charge is -2.23. The van der Waals surface area contributed by atoms with Gasteiger partial charge in [-0.05, 0) is 24.0 Å². The number of halogens is 1. The van der Waals surface area contributed by atoms with Crippen molar-refractivity contribution in [3.05, 3.63) is 35.4 Å². The second-order valence-corrected chi connectivity index (χ2v) is 5.97. The van der Waals surface area contributed by atoms with E-state index < -0.39 is 0 Å². The number of benzene rings is 1. The van der Waals surface area contributed by atoms with Gasteiger partial charge in [-0.25, -0.2) is 0 Å². The summed E-state index contributed by atoms with van der Waals surface area (Å²) in [5.41, 5.74) is 1.83. The summed E-state index contributed by atoms with van der Waals surface area (Å²) in [6, 6.07) is 7.93. The standard InChI is InChI=1S/C14H20BrNO/c1-10(9-15)16-13(17)11-7-5-6-8-12(11)14(2,3)4/h5-8,10H,9H2,1-4H3,(H,16,17). The highest BCUT2D eigenvalue weighted by molar-refractivity contribution is 9.09. The molecule has 0 heterocycles. The Morgan fingerprint density at radius 2 is 1.94 bits per heavy atom. The van der Waals surface area contributed by atoms with E-state index in [4.69, 9.17) is 0 Å². The lowest BCUT2D eigenvalue weighted by Crippen LogP contribution is -2.35. The normalized spacial score (nSPS) is 13.2. The zero-order valence-electron chi connectivity index (χ0n) is 10.9. The molecule has 2 nitrogen and oxygen atoms in total. The van der Waals surface area contributed by atoms with Gasteiger partial charge in [-0.1, -0.05) is 54.9 Å². The third-order valence-corrected chi connectivity index (χ3v) is 3.56. The van der Waals surface area contributed by atoms with Gasteiger partial charge in [0.25, 0.3) is 5.91 Å². The maximum Gasteiger partial charge on any atom is 0.251 e. The number of hydrogen-bond acceptors (Lipinski definition) is 1. The van der Waals surface area contributed by atoms with Gasteiger partial charge < -0.3 is 5.32 Å². The van der Waals surface area contributed by atoms with E-state index in [1.54, 1.807) is 0 Å². The molecule has 0 spiro atoms. The molecule has 0 aromatic heterocycles. The van der Waals surface area contributed by atoms with Gasteiger partial charge in [-0.2, -0.15) is 0 Å². The molecule has 1 aromatic rings. The molecule has 0 fully saturated rings. The van der Waals surface area contributed by atoms with Crippen molar-refractivity contribution in [1.82, 2.24) is 5.32 Å². The van der Waals surface area contributed by atoms with Crippen molar-refractivity contribution in [3.63, 3.8) is 0 Å². The zero-order valence-corrected chi connectivity index (χ0v) is 12.5. The number of nitrogens with one attached hydrogen (secondary N) is 1. The smallest absolute Gasteiger partial charge is 0.251 e. The minimum atomic E-state index is -0.0222. The number of carbonyl (C=O) groups excluding carboxylic acids is 1. The first-order valence-corrected chi connectivity index (χ1v) is 6.94. The van der Waals surface area contributed by atoms with Crippen LogP contribution in [0.1, 0.15) is 43.6 Å². The molecule has 3 heteroatoms. The highest BCUT2D eigenvalue weighted by Crippen LogP contribution is 2.25. The highest BCUT2D eigenvalue weighted by Gasteiger charge is 2.21. The van der Waals surface area contributed by atoms with Crippen LogP contribution in [0.15, 0.2) is 24.3 Å². The second kappa shape index (κ2) is 5.67. The van der Waals surface area contributed by atoms with Crippen molar-refractivity contribution in [2.75, 3.05) is 5.33 Å². The predicted octanol–water partition coefficient (Wildman–Crippen LogP) is 3.50. The maximum absolute atomic E-state index is 12.1. The Morgan fingerprint density at radius 1 is 1.35 bits per heavy atom. The number of carbonyl (C=O) groups is 1. The Hall–Kier alpha value is -0.830. The second-order valence-electron chi connectivity index (χ2n) is 5.32. The molecular formula is C14H20BrNO. The van der Waals surface area contributed by atoms with Crippen LogP contribution in [-0.4, -0.2) is 17.3 Å². The summed E-state index contributed by atoms with van der Waals surface area (Å²) in [4.78, 5) is 12.1. The van der Waals surface area contributed by atoms with Crippen LogP contribution in [-0.2, 0) is 5.41 Å². The van der Waals surface area contributed by atoms with Crippen LogP contribution in [0.2, 0.25) is 0 Å². The van der Waals surface area contributed by atoms with Gasteiger partial charge in [0, 0.05) is 16.9 Å². The SMILES string of the molecule is CC(CBr)NC(=O)c1ccccc1C(C)(C)C. The minimum absolute atomic E-state index is 0.00229. The fourth-order valence-corrected chi connectivity index (χ4v) is 1.84. The van der Waals surface area contributed by atoms with Crippen LogP contribution in [0.4, 0.5) is 0 Å². The predicted molar refractivity (Wildman–Crippen MR) is 75.9 cm³/mol. The van der Waals surface area contributed by atoms with Gasteiger partial charge in [0.1, 0.15) is 0 Å². The van der Waals surface area contributed by atoms with E-state index in [1.165, 1.54) is 0 Å². The molecule has 1 atom stereocenters. The van der Waals surface area contributed by atoms with E-state index in [0.717, 1.165) is 16.5 Å². The molecule has 17 heavy (non-hydrogen) atoms. The van der Waals surface area contributed by atoms with Crippen LogP contribution in [0.3, 0.4) is 0 Å². The summed E-state index contributed by atoms with van der Waals surface area (Å²) in [5, 5.41) is 3.73. The molecule has 0 saturated heterocycles. The van der Waals surface area contributed by atoms with Crippen LogP contribution in [0.25, 0.3) is 0 Å². The van der Waals surface area contributed by atoms with E-state index in [0.29, 0.717) is 0 Å². The molecule has 0 bridgehead atoms. The quantitative estimate of drug-likeness (QED) is 0.850. The molecule has 1 aromatic carbocycles. The summed E-state index contributed by atoms with van der Waals surface area (Å²) in [6.07, 6.45) is 0. The van der Waals surface area contributed by atoms with Gasteiger partial charge in [0.15, 0.2) is 0 Å². The first-order valence-electron chi connectivity index (χ1n) is 5.82. The third kappa shape index (κ3) is 3.84. The number of hydrogen-bond donors (Lipinski definition) is 1. The molecule has 1 N–H and O–H groups in total. The van der Waals surface area contributed by atoms with Gasteiger partial charge in [0.2, 0.25) is 0 Å². The van der Waals surface area contributed by atoms with E-state index >= 15 is 0 Å². The molecular weight excluding hydrogens is 278 g/mol. The lowest BCUT2D eigenvalue weighted by atomic mass is 9.83. The largest absolute Gasteiger partial charge is 0.349 e. The van der Waals surface area contributed by atoms with Gasteiger partial charge in [-0.15, -0.1) is 0 Å². The molecule has 0 aliphatic rings. The van der Waals surface area contributed by atoms with E-state index in [1.807, 2.05) is 31.2 Å². The number of amides is 1. The Kier molecular flexibility index (Phi) is 4.75. The van der Waals surface area contributed by atoms with Crippen molar-refractivity contribution >= 4 is 21.8 Å². The average molecular weight is 298 g/mol. The Bertz CT molecular complexity index is 395. The van der Waals surface area contributed by atoms with E-state index in [9.17, 15) is 4.79 Å². The lowest BCUT2D eigenvalue weighted by molar-refractivity contribution is 0.0941. The van der Waals surface area contributed by atoms with Crippen LogP contribution >= 0.6 is 15.9 Å². The van der Waals surface area contributed by atoms with Crippen molar-refractivity contribution in [2.24, 2.45) is 0 Å². The van der Waals surface area contributed by atoms with E-state index in [2.05, 4.69) is 42.0 Å². The summed E-state index contributed by atoms with van der Waals surface area (Å²) in [7, 11) is 0. The Labute approximate surface area is 112 Å². The molecule has 1 rings (SSSR count). The molecule has 94 valence electrons. The minimum Gasteiger partial charge on any atom is -0.349 e. The first kappa shape index (κ1) is 14.2. The van der Waals surface area contributed by atoms with Gasteiger partial charge in [0.05, 0.1) is 0 Å². The molecule has 0 aliphatic carbocycles. The van der Waals surface area contributed by atoms with Crippen molar-refractivity contribution in [2.45, 2.75) is 39.2 Å². The van der Waals surface area contributed by atoms with Gasteiger partial charge in [-0.3, -0.25) is 4.79 Å². The molecule has 0 aliphatic heterocycles. The van der Waals surface area contributed by atoms with Crippen LogP contribution in [0.5, 0.6) is 0 Å². The summed E-state index contributed by atoms with van der Waals surface area (Å²) >= 11 is 3.36. The fraction of sp³-hybridized carbons (Fsp3) is 0.500. The van der Waals surface area contributed by atoms with Crippen LogP contribution < -0.4 is 5.32 Å². The molecule has 0 radical (unpaired) electrons. The van der Waals surface area contributed by atoms with Crippen molar-refractivity contribution in [1.29, 1.82) is 0 Å². The maximum atomic E-state index is 12.1. The molecule has 1 amide bonds. The highest BCUT2D eigenvalue weighted by atomic mass is 79.9. The fourth-order valence-electron chi connectivity index (χ4n) is 1.68. The van der Waals surface area contributed by atoms with E-state index in [-0.39, 0.29) is 17.4 Å². The number of rotatable bonds is 3. The molecule has 1 unspecified atom stereocenters. The summed E-state index contributed by atoms with van der Waals surface area (Å²) in [5.74, 6) is 0.00229. The van der Waals surface area contributed by atoms with Crippen molar-refractivity contribution in [3.8, 4) is 0 Å². The van der Waals surface area contributed by atoms with Gasteiger partial charge >= 0.3 is 0 Å². The molecule has 0 saturated carbocycles. The third-order valence-electron chi connectivity index (χ3n) is 2.59. The topological polar surface area (TPSA) is 29.1 Å². The van der Waals surface area contributed by atoms with Crippen molar-refractivity contribution < 1.29 is 4.79 Å². The Morgan fingerprint density at radius 3 is 2.47 bits per heavy atom. The summed E-state index contributed by atoms with van der Waals surface area (Å²) < 4.78 is 0. The van der Waals surface area contributed by atoms with Crippen LogP contribution in [0, 0.1) is 0 Å². The summed E-state index contributed by atoms with van der Waals surface area (Å²) in [6.45, 7) is 8.33. The number of alkyl halides is 1.